The van der Waals surface area contributed by atoms with Crippen LogP contribution in [0.4, 0.5) is 0 Å². The van der Waals surface area contributed by atoms with E-state index >= 15 is 0 Å². The standard InChI is InChI=1S/C15H13Si/c1-16(15-10-6-3-7-11-15)13-12-14-8-4-2-5-9-14/h2-11H,1H3. The average molecular weight is 221 g/mol. The lowest BCUT2D eigenvalue weighted by Crippen LogP contribution is -2.24. The van der Waals surface area contributed by atoms with Gasteiger partial charge >= 0.3 is 0 Å². The minimum atomic E-state index is -0.726. The Balaban J connectivity index is 2.15. The predicted molar refractivity (Wildman–Crippen MR) is 71.0 cm³/mol. The van der Waals surface area contributed by atoms with Gasteiger partial charge in [-0.15, -0.1) is 5.54 Å². The molecule has 0 unspecified atom stereocenters. The molecule has 0 aliphatic heterocycles. The fraction of sp³-hybridized carbons (Fsp3) is 0.0667. The predicted octanol–water partition coefficient (Wildman–Crippen LogP) is 2.61. The van der Waals surface area contributed by atoms with Crippen molar-refractivity contribution in [1.29, 1.82) is 0 Å². The Morgan fingerprint density at radius 3 is 2.00 bits per heavy atom. The highest BCUT2D eigenvalue weighted by Crippen LogP contribution is 1.95. The van der Waals surface area contributed by atoms with Crippen LogP contribution in [0.15, 0.2) is 60.7 Å². The van der Waals surface area contributed by atoms with E-state index in [1.54, 1.807) is 0 Å². The van der Waals surface area contributed by atoms with Gasteiger partial charge in [0.1, 0.15) is 0 Å². The second-order valence-corrected chi connectivity index (χ2v) is 5.68. The molecule has 0 aliphatic carbocycles. The van der Waals surface area contributed by atoms with Gasteiger partial charge in [-0.25, -0.2) is 0 Å². The molecule has 16 heavy (non-hydrogen) atoms. The quantitative estimate of drug-likeness (QED) is 0.513. The van der Waals surface area contributed by atoms with Gasteiger partial charge in [-0.2, -0.15) is 0 Å². The summed E-state index contributed by atoms with van der Waals surface area (Å²) in [5.41, 5.74) is 4.47. The van der Waals surface area contributed by atoms with Crippen LogP contribution in [0, 0.1) is 11.5 Å². The van der Waals surface area contributed by atoms with Crippen LogP contribution in [-0.2, 0) is 0 Å². The van der Waals surface area contributed by atoms with Gasteiger partial charge < -0.3 is 0 Å². The Morgan fingerprint density at radius 2 is 1.38 bits per heavy atom. The van der Waals surface area contributed by atoms with Crippen LogP contribution in [0.2, 0.25) is 6.55 Å². The highest BCUT2D eigenvalue weighted by atomic mass is 28.3. The maximum Gasteiger partial charge on any atom is 0.176 e. The maximum absolute atomic E-state index is 3.37. The monoisotopic (exact) mass is 221 g/mol. The van der Waals surface area contributed by atoms with E-state index in [-0.39, 0.29) is 0 Å². The summed E-state index contributed by atoms with van der Waals surface area (Å²) in [7, 11) is -0.726. The number of hydrogen-bond donors (Lipinski definition) is 0. The molecule has 77 valence electrons. The first kappa shape index (κ1) is 10.7. The van der Waals surface area contributed by atoms with Crippen LogP contribution in [0.3, 0.4) is 0 Å². The molecule has 0 atom stereocenters. The summed E-state index contributed by atoms with van der Waals surface area (Å²) in [6.07, 6.45) is 0. The van der Waals surface area contributed by atoms with Crippen molar-refractivity contribution in [2.24, 2.45) is 0 Å². The second kappa shape index (κ2) is 5.34. The Labute approximate surface area is 98.6 Å². The minimum Gasteiger partial charge on any atom is -0.122 e. The zero-order chi connectivity index (χ0) is 11.2. The van der Waals surface area contributed by atoms with E-state index in [0.717, 1.165) is 5.56 Å². The van der Waals surface area contributed by atoms with E-state index in [9.17, 15) is 0 Å². The number of hydrogen-bond acceptors (Lipinski definition) is 0. The molecule has 0 aliphatic rings. The minimum absolute atomic E-state index is 0.726. The molecule has 2 aromatic carbocycles. The first-order chi connectivity index (χ1) is 7.86. The van der Waals surface area contributed by atoms with E-state index in [4.69, 9.17) is 0 Å². The second-order valence-electron chi connectivity index (χ2n) is 3.61. The summed E-state index contributed by atoms with van der Waals surface area (Å²) >= 11 is 0. The zero-order valence-electron chi connectivity index (χ0n) is 9.27. The van der Waals surface area contributed by atoms with Gasteiger partial charge in [0.25, 0.3) is 0 Å². The van der Waals surface area contributed by atoms with E-state index < -0.39 is 8.80 Å². The normalized spacial score (nSPS) is 9.62. The molecule has 0 aromatic heterocycles. The van der Waals surface area contributed by atoms with Crippen molar-refractivity contribution >= 4 is 14.0 Å². The van der Waals surface area contributed by atoms with E-state index in [1.165, 1.54) is 5.19 Å². The van der Waals surface area contributed by atoms with Crippen molar-refractivity contribution in [3.63, 3.8) is 0 Å². The van der Waals surface area contributed by atoms with Gasteiger partial charge in [0.2, 0.25) is 0 Å². The first-order valence-corrected chi connectivity index (χ1v) is 7.32. The lowest BCUT2D eigenvalue weighted by molar-refractivity contribution is 1.65. The molecule has 0 N–H and O–H groups in total. The summed E-state index contributed by atoms with van der Waals surface area (Å²) < 4.78 is 0. The Hall–Kier alpha value is -1.78. The molecule has 0 heterocycles. The smallest absolute Gasteiger partial charge is 0.122 e. The van der Waals surface area contributed by atoms with Crippen molar-refractivity contribution in [1.82, 2.24) is 0 Å². The van der Waals surface area contributed by atoms with Crippen LogP contribution < -0.4 is 5.19 Å². The Morgan fingerprint density at radius 1 is 0.812 bits per heavy atom. The molecule has 1 heteroatoms. The van der Waals surface area contributed by atoms with Crippen LogP contribution >= 0.6 is 0 Å². The molecule has 0 fully saturated rings. The topological polar surface area (TPSA) is 0 Å². The van der Waals surface area contributed by atoms with E-state index in [0.29, 0.717) is 0 Å². The van der Waals surface area contributed by atoms with Crippen LogP contribution in [0.1, 0.15) is 5.56 Å². The van der Waals surface area contributed by atoms with Crippen LogP contribution in [0.25, 0.3) is 0 Å². The van der Waals surface area contributed by atoms with Crippen molar-refractivity contribution in [2.45, 2.75) is 6.55 Å². The summed E-state index contributed by atoms with van der Waals surface area (Å²) in [4.78, 5) is 0. The average Bonchev–Trinajstić information content (AvgIpc) is 2.38. The molecule has 0 amide bonds. The third-order valence-electron chi connectivity index (χ3n) is 2.37. The molecule has 0 spiro atoms. The van der Waals surface area contributed by atoms with Gasteiger partial charge in [-0.3, -0.25) is 0 Å². The van der Waals surface area contributed by atoms with Gasteiger partial charge in [0, 0.05) is 5.56 Å². The van der Waals surface area contributed by atoms with Gasteiger partial charge in [-0.1, -0.05) is 61.0 Å². The van der Waals surface area contributed by atoms with Crippen molar-refractivity contribution < 1.29 is 0 Å². The molecule has 0 bridgehead atoms. The lowest BCUT2D eigenvalue weighted by Gasteiger charge is -1.99. The highest BCUT2D eigenvalue weighted by Gasteiger charge is 2.02. The van der Waals surface area contributed by atoms with Crippen molar-refractivity contribution in [3.8, 4) is 11.5 Å². The summed E-state index contributed by atoms with van der Waals surface area (Å²) in [6.45, 7) is 2.23. The number of benzene rings is 2. The Bertz CT molecular complexity index is 491. The van der Waals surface area contributed by atoms with Gasteiger partial charge in [0.05, 0.1) is 0 Å². The Kier molecular flexibility index (Phi) is 3.58. The van der Waals surface area contributed by atoms with Crippen molar-refractivity contribution in [3.05, 3.63) is 66.2 Å². The third-order valence-corrected chi connectivity index (χ3v) is 4.07. The summed E-state index contributed by atoms with van der Waals surface area (Å²) in [5, 5.41) is 1.37. The first-order valence-electron chi connectivity index (χ1n) is 5.32. The summed E-state index contributed by atoms with van der Waals surface area (Å²) in [6, 6.07) is 20.7. The SMILES string of the molecule is C[Si](C#Cc1ccccc1)c1ccccc1. The maximum atomic E-state index is 3.37. The van der Waals surface area contributed by atoms with E-state index in [1.807, 2.05) is 36.4 Å². The fourth-order valence-corrected chi connectivity index (χ4v) is 2.62. The zero-order valence-corrected chi connectivity index (χ0v) is 10.3. The molecule has 2 aromatic rings. The summed E-state index contributed by atoms with van der Waals surface area (Å²) in [5.74, 6) is 3.24. The molecule has 2 rings (SSSR count). The van der Waals surface area contributed by atoms with E-state index in [2.05, 4.69) is 42.3 Å². The van der Waals surface area contributed by atoms with Gasteiger partial charge in [0.15, 0.2) is 8.80 Å². The van der Waals surface area contributed by atoms with Crippen LogP contribution in [0.5, 0.6) is 0 Å². The lowest BCUT2D eigenvalue weighted by atomic mass is 10.2. The highest BCUT2D eigenvalue weighted by molar-refractivity contribution is 6.79. The van der Waals surface area contributed by atoms with Crippen LogP contribution in [-0.4, -0.2) is 8.80 Å². The third kappa shape index (κ3) is 2.85. The molecule has 1 radical (unpaired) electrons. The molecule has 0 saturated carbocycles. The van der Waals surface area contributed by atoms with Gasteiger partial charge in [-0.05, 0) is 17.3 Å². The molecule has 0 saturated heterocycles. The molecule has 0 nitrogen and oxygen atoms in total. The number of rotatable bonds is 1. The molecular formula is C15H13Si. The largest absolute Gasteiger partial charge is 0.176 e. The fourth-order valence-electron chi connectivity index (χ4n) is 1.45. The molecular weight excluding hydrogens is 208 g/mol. The van der Waals surface area contributed by atoms with Crippen molar-refractivity contribution in [2.75, 3.05) is 0 Å².